The number of aryl methyl sites for hydroxylation is 1. The van der Waals surface area contributed by atoms with Gasteiger partial charge in [-0.2, -0.15) is 0 Å². The monoisotopic (exact) mass is 407 g/mol. The number of carbonyl (C=O) groups excluding carboxylic acids is 2. The Morgan fingerprint density at radius 1 is 1.23 bits per heavy atom. The number of aromatic nitrogens is 5. The molecule has 0 saturated carbocycles. The number of benzene rings is 1. The minimum Gasteiger partial charge on any atom is -0.347 e. The van der Waals surface area contributed by atoms with Gasteiger partial charge in [-0.25, -0.2) is 9.67 Å². The van der Waals surface area contributed by atoms with Gasteiger partial charge < -0.3 is 14.8 Å². The molecule has 30 heavy (non-hydrogen) atoms. The van der Waals surface area contributed by atoms with Gasteiger partial charge in [0.15, 0.2) is 5.69 Å². The van der Waals surface area contributed by atoms with Crippen molar-refractivity contribution in [3.63, 3.8) is 0 Å². The van der Waals surface area contributed by atoms with Crippen molar-refractivity contribution in [3.8, 4) is 0 Å². The second kappa shape index (κ2) is 8.89. The number of hydrogen-bond donors (Lipinski definition) is 1. The van der Waals surface area contributed by atoms with Crippen molar-refractivity contribution in [1.82, 2.24) is 34.8 Å². The zero-order valence-electron chi connectivity index (χ0n) is 16.9. The molecule has 1 atom stereocenters. The van der Waals surface area contributed by atoms with Gasteiger partial charge in [-0.1, -0.05) is 35.5 Å². The van der Waals surface area contributed by atoms with Gasteiger partial charge in [0.05, 0.1) is 18.8 Å². The molecule has 1 fully saturated rings. The van der Waals surface area contributed by atoms with Crippen LogP contribution in [0.3, 0.4) is 0 Å². The third-order valence-corrected chi connectivity index (χ3v) is 5.39. The quantitative estimate of drug-likeness (QED) is 0.639. The summed E-state index contributed by atoms with van der Waals surface area (Å²) in [5, 5.41) is 10.9. The summed E-state index contributed by atoms with van der Waals surface area (Å²) < 4.78 is 3.50. The van der Waals surface area contributed by atoms with Crippen LogP contribution in [-0.2, 0) is 24.4 Å². The Hall–Kier alpha value is -3.49. The van der Waals surface area contributed by atoms with Crippen molar-refractivity contribution < 1.29 is 9.59 Å². The second-order valence-corrected chi connectivity index (χ2v) is 7.48. The first-order chi connectivity index (χ1) is 14.6. The molecule has 2 aromatic heterocycles. The van der Waals surface area contributed by atoms with Crippen molar-refractivity contribution in [2.45, 2.75) is 45.4 Å². The van der Waals surface area contributed by atoms with Gasteiger partial charge in [0.2, 0.25) is 5.91 Å². The molecule has 156 valence electrons. The lowest BCUT2D eigenvalue weighted by molar-refractivity contribution is -0.132. The highest BCUT2D eigenvalue weighted by atomic mass is 16.2. The maximum absolute atomic E-state index is 12.8. The van der Waals surface area contributed by atoms with E-state index in [4.69, 9.17) is 0 Å². The van der Waals surface area contributed by atoms with Crippen molar-refractivity contribution in [2.75, 3.05) is 6.54 Å². The maximum Gasteiger partial charge on any atom is 0.273 e. The van der Waals surface area contributed by atoms with Gasteiger partial charge in [0, 0.05) is 25.5 Å². The van der Waals surface area contributed by atoms with Crippen LogP contribution < -0.4 is 5.32 Å². The molecule has 0 bridgehead atoms. The fourth-order valence-corrected chi connectivity index (χ4v) is 3.74. The number of likely N-dealkylation sites (tertiary alicyclic amines) is 1. The van der Waals surface area contributed by atoms with E-state index in [9.17, 15) is 9.59 Å². The molecule has 0 radical (unpaired) electrons. The van der Waals surface area contributed by atoms with Crippen molar-refractivity contribution in [3.05, 3.63) is 66.0 Å². The predicted octanol–water partition coefficient (Wildman–Crippen LogP) is 1.40. The predicted molar refractivity (Wildman–Crippen MR) is 109 cm³/mol. The van der Waals surface area contributed by atoms with E-state index < -0.39 is 0 Å². The summed E-state index contributed by atoms with van der Waals surface area (Å²) in [5.74, 6) is 0.626. The average molecular weight is 407 g/mol. The van der Waals surface area contributed by atoms with Crippen LogP contribution in [0.4, 0.5) is 0 Å². The lowest BCUT2D eigenvalue weighted by Crippen LogP contribution is -2.40. The molecule has 0 spiro atoms. The first-order valence-corrected chi connectivity index (χ1v) is 10.1. The fourth-order valence-electron chi connectivity index (χ4n) is 3.74. The molecule has 0 aliphatic carbocycles. The molecular formula is C21H25N7O2. The van der Waals surface area contributed by atoms with Crippen molar-refractivity contribution in [1.29, 1.82) is 0 Å². The third-order valence-electron chi connectivity index (χ3n) is 5.39. The summed E-state index contributed by atoms with van der Waals surface area (Å²) in [7, 11) is 0. The Balaban J connectivity index is 1.33. The van der Waals surface area contributed by atoms with Crippen LogP contribution in [0.5, 0.6) is 0 Å². The largest absolute Gasteiger partial charge is 0.347 e. The third kappa shape index (κ3) is 4.56. The van der Waals surface area contributed by atoms with Gasteiger partial charge in [0.1, 0.15) is 12.4 Å². The molecule has 1 aliphatic rings. The number of rotatable bonds is 7. The highest BCUT2D eigenvalue weighted by molar-refractivity contribution is 5.91. The van der Waals surface area contributed by atoms with E-state index in [0.29, 0.717) is 13.1 Å². The molecule has 1 N–H and O–H groups in total. The number of hydrogen-bond acceptors (Lipinski definition) is 5. The lowest BCUT2D eigenvalue weighted by atomic mass is 10.2. The summed E-state index contributed by atoms with van der Waals surface area (Å²) >= 11 is 0. The number of nitrogens with one attached hydrogen (secondary N) is 1. The van der Waals surface area contributed by atoms with Crippen LogP contribution in [0.15, 0.2) is 48.9 Å². The van der Waals surface area contributed by atoms with Gasteiger partial charge in [-0.15, -0.1) is 5.10 Å². The van der Waals surface area contributed by atoms with E-state index in [1.54, 1.807) is 17.1 Å². The summed E-state index contributed by atoms with van der Waals surface area (Å²) in [4.78, 5) is 31.2. The Morgan fingerprint density at radius 2 is 2.07 bits per heavy atom. The molecule has 9 nitrogen and oxygen atoms in total. The molecule has 0 unspecified atom stereocenters. The normalized spacial score (nSPS) is 16.0. The molecule has 1 aromatic carbocycles. The van der Waals surface area contributed by atoms with Crippen LogP contribution in [0.1, 0.15) is 34.7 Å². The second-order valence-electron chi connectivity index (χ2n) is 7.48. The van der Waals surface area contributed by atoms with E-state index in [-0.39, 0.29) is 30.1 Å². The van der Waals surface area contributed by atoms with E-state index >= 15 is 0 Å². The lowest BCUT2D eigenvalue weighted by Gasteiger charge is -2.25. The molecule has 9 heteroatoms. The molecule has 1 aliphatic heterocycles. The van der Waals surface area contributed by atoms with Gasteiger partial charge >= 0.3 is 0 Å². The maximum atomic E-state index is 12.8. The Morgan fingerprint density at radius 3 is 2.83 bits per heavy atom. The average Bonchev–Trinajstić information content (AvgIpc) is 3.50. The number of carbonyl (C=O) groups is 2. The van der Waals surface area contributed by atoms with Gasteiger partial charge in [-0.05, 0) is 25.3 Å². The van der Waals surface area contributed by atoms with E-state index in [1.807, 2.05) is 52.9 Å². The number of amides is 2. The van der Waals surface area contributed by atoms with Crippen LogP contribution in [-0.4, -0.2) is 53.8 Å². The molecule has 4 rings (SSSR count). The fraction of sp³-hybridized carbons (Fsp3) is 0.381. The topological polar surface area (TPSA) is 97.9 Å². The Kier molecular flexibility index (Phi) is 5.87. The summed E-state index contributed by atoms with van der Waals surface area (Å²) in [6.07, 6.45) is 7.02. The van der Waals surface area contributed by atoms with E-state index in [1.165, 1.54) is 0 Å². The molecule has 2 amide bonds. The number of imidazole rings is 1. The molecule has 3 heterocycles. The summed E-state index contributed by atoms with van der Waals surface area (Å²) in [6, 6.07) is 9.75. The molecule has 1 saturated heterocycles. The van der Waals surface area contributed by atoms with Gasteiger partial charge in [-0.3, -0.25) is 9.59 Å². The minimum atomic E-state index is -0.264. The number of nitrogens with zero attached hydrogens (tertiary/aromatic N) is 6. The van der Waals surface area contributed by atoms with Crippen molar-refractivity contribution >= 4 is 11.8 Å². The Bertz CT molecular complexity index is 1010. The van der Waals surface area contributed by atoms with Crippen molar-refractivity contribution in [2.24, 2.45) is 0 Å². The van der Waals surface area contributed by atoms with Crippen LogP contribution >= 0.6 is 0 Å². The zero-order valence-corrected chi connectivity index (χ0v) is 16.9. The standard InChI is InChI=1S/C21H25N7O2/c1-16-22-9-11-26(16)15-20(29)28-10-5-8-18(28)13-27-14-19(24-25-27)21(30)23-12-17-6-3-2-4-7-17/h2-4,6-7,9,11,14,18H,5,8,10,12-13,15H2,1H3,(H,23,30)/t18-/m0/s1. The van der Waals surface area contributed by atoms with E-state index in [0.717, 1.165) is 30.8 Å². The summed E-state index contributed by atoms with van der Waals surface area (Å²) in [6.45, 7) is 3.86. The SMILES string of the molecule is Cc1nccn1CC(=O)N1CCC[C@H]1Cn1cc(C(=O)NCc2ccccc2)nn1. The Labute approximate surface area is 174 Å². The first kappa shape index (κ1) is 19.8. The highest BCUT2D eigenvalue weighted by Crippen LogP contribution is 2.19. The smallest absolute Gasteiger partial charge is 0.273 e. The summed E-state index contributed by atoms with van der Waals surface area (Å²) in [5.41, 5.74) is 1.29. The first-order valence-electron chi connectivity index (χ1n) is 10.1. The van der Waals surface area contributed by atoms with Gasteiger partial charge in [0.25, 0.3) is 5.91 Å². The van der Waals surface area contributed by atoms with Crippen LogP contribution in [0.2, 0.25) is 0 Å². The highest BCUT2D eigenvalue weighted by Gasteiger charge is 2.29. The molecular weight excluding hydrogens is 382 g/mol. The van der Waals surface area contributed by atoms with Crippen LogP contribution in [0.25, 0.3) is 0 Å². The van der Waals surface area contributed by atoms with E-state index in [2.05, 4.69) is 20.6 Å². The minimum absolute atomic E-state index is 0.0447. The zero-order chi connectivity index (χ0) is 20.9. The van der Waals surface area contributed by atoms with Crippen LogP contribution in [0, 0.1) is 6.92 Å². The molecule has 3 aromatic rings.